The number of rotatable bonds is 3. The zero-order valence-corrected chi connectivity index (χ0v) is 13.5. The number of nitrogens with two attached hydrogens (primary N) is 1. The number of nitrogens with zero attached hydrogens (tertiary/aromatic N) is 5. The summed E-state index contributed by atoms with van der Waals surface area (Å²) in [5.41, 5.74) is 6.53. The number of hydrogen-bond donors (Lipinski definition) is 2. The van der Waals surface area contributed by atoms with Gasteiger partial charge in [-0.2, -0.15) is 0 Å². The van der Waals surface area contributed by atoms with E-state index in [0.717, 1.165) is 21.4 Å². The molecule has 1 saturated heterocycles. The van der Waals surface area contributed by atoms with Crippen molar-refractivity contribution < 1.29 is 5.11 Å². The number of imidazole rings is 1. The molecule has 3 aromatic rings. The van der Waals surface area contributed by atoms with E-state index in [1.54, 1.807) is 18.6 Å². The van der Waals surface area contributed by atoms with Gasteiger partial charge in [0.05, 0.1) is 16.0 Å². The number of aromatic nitrogens is 4. The molecule has 0 aliphatic carbocycles. The third-order valence-corrected chi connectivity index (χ3v) is 5.20. The van der Waals surface area contributed by atoms with Gasteiger partial charge in [-0.1, -0.05) is 23.4 Å². The summed E-state index contributed by atoms with van der Waals surface area (Å²) in [6, 6.07) is 1.81. The van der Waals surface area contributed by atoms with E-state index in [1.165, 1.54) is 11.8 Å². The van der Waals surface area contributed by atoms with Crippen LogP contribution in [0.3, 0.4) is 0 Å². The molecule has 4 heterocycles. The quantitative estimate of drug-likeness (QED) is 0.744. The molecular weight excluding hydrogens is 336 g/mol. The van der Waals surface area contributed by atoms with Gasteiger partial charge >= 0.3 is 0 Å². The molecule has 3 aromatic heterocycles. The fourth-order valence-electron chi connectivity index (χ4n) is 2.45. The fourth-order valence-corrected chi connectivity index (χ4v) is 3.58. The Bertz CT molecular complexity index is 879. The Morgan fingerprint density at radius 1 is 1.22 bits per heavy atom. The first-order valence-corrected chi connectivity index (χ1v) is 8.16. The Morgan fingerprint density at radius 3 is 2.83 bits per heavy atom. The molecule has 0 unspecified atom stereocenters. The SMILES string of the molecule is Nc1nccc(Sc2cnc(N3CC(O)C3)n3ccnc23)c1Cl. The highest BCUT2D eigenvalue weighted by molar-refractivity contribution is 7.99. The average Bonchev–Trinajstić information content (AvgIpc) is 2.99. The van der Waals surface area contributed by atoms with Crippen LogP contribution in [0.15, 0.2) is 40.6 Å². The minimum Gasteiger partial charge on any atom is -0.389 e. The van der Waals surface area contributed by atoms with Crippen molar-refractivity contribution in [2.45, 2.75) is 15.9 Å². The number of fused-ring (bicyclic) bond motifs is 1. The number of pyridine rings is 1. The molecule has 118 valence electrons. The first kappa shape index (κ1) is 14.6. The smallest absolute Gasteiger partial charge is 0.211 e. The van der Waals surface area contributed by atoms with Gasteiger partial charge in [-0.3, -0.25) is 4.40 Å². The van der Waals surface area contributed by atoms with E-state index in [1.807, 2.05) is 21.6 Å². The lowest BCUT2D eigenvalue weighted by molar-refractivity contribution is 0.140. The summed E-state index contributed by atoms with van der Waals surface area (Å²) in [6.07, 6.45) is 6.68. The van der Waals surface area contributed by atoms with E-state index in [-0.39, 0.29) is 6.10 Å². The predicted octanol–water partition coefficient (Wildman–Crippen LogP) is 1.69. The molecule has 7 nitrogen and oxygen atoms in total. The largest absolute Gasteiger partial charge is 0.389 e. The summed E-state index contributed by atoms with van der Waals surface area (Å²) < 4.78 is 1.91. The summed E-state index contributed by atoms with van der Waals surface area (Å²) in [6.45, 7) is 1.17. The van der Waals surface area contributed by atoms with E-state index in [2.05, 4.69) is 15.0 Å². The molecule has 1 fully saturated rings. The van der Waals surface area contributed by atoms with Crippen LogP contribution in [0.4, 0.5) is 11.8 Å². The molecule has 0 aromatic carbocycles. The molecule has 0 bridgehead atoms. The van der Waals surface area contributed by atoms with Crippen molar-refractivity contribution in [1.82, 2.24) is 19.4 Å². The molecule has 0 saturated carbocycles. The Kier molecular flexibility index (Phi) is 3.51. The van der Waals surface area contributed by atoms with Crippen molar-refractivity contribution in [3.8, 4) is 0 Å². The van der Waals surface area contributed by atoms with Gasteiger partial charge in [-0.25, -0.2) is 15.0 Å². The number of nitrogen functional groups attached to an aromatic ring is 1. The summed E-state index contributed by atoms with van der Waals surface area (Å²) in [4.78, 5) is 16.6. The minimum atomic E-state index is -0.289. The number of anilines is 2. The molecule has 0 atom stereocenters. The summed E-state index contributed by atoms with van der Waals surface area (Å²) >= 11 is 7.65. The van der Waals surface area contributed by atoms with Crippen LogP contribution >= 0.6 is 23.4 Å². The predicted molar refractivity (Wildman–Crippen MR) is 89.0 cm³/mol. The topological polar surface area (TPSA) is 92.6 Å². The Labute approximate surface area is 141 Å². The molecule has 1 aliphatic rings. The summed E-state index contributed by atoms with van der Waals surface area (Å²) in [5.74, 6) is 1.07. The van der Waals surface area contributed by atoms with Gasteiger partial charge in [0, 0.05) is 42.8 Å². The maximum absolute atomic E-state index is 9.48. The van der Waals surface area contributed by atoms with Crippen molar-refractivity contribution in [3.05, 3.63) is 35.9 Å². The molecule has 9 heteroatoms. The maximum Gasteiger partial charge on any atom is 0.211 e. The van der Waals surface area contributed by atoms with Crippen LogP contribution in [0.1, 0.15) is 0 Å². The molecule has 0 spiro atoms. The molecule has 0 radical (unpaired) electrons. The van der Waals surface area contributed by atoms with Gasteiger partial charge in [0.1, 0.15) is 5.82 Å². The number of aliphatic hydroxyl groups is 1. The monoisotopic (exact) mass is 348 g/mol. The second-order valence-corrected chi connectivity index (χ2v) is 6.67. The fraction of sp³-hybridized carbons (Fsp3) is 0.214. The first-order chi connectivity index (χ1) is 11.1. The van der Waals surface area contributed by atoms with Crippen molar-refractivity contribution in [1.29, 1.82) is 0 Å². The highest BCUT2D eigenvalue weighted by Gasteiger charge is 2.27. The lowest BCUT2D eigenvalue weighted by atomic mass is 10.2. The van der Waals surface area contributed by atoms with Gasteiger partial charge in [-0.15, -0.1) is 0 Å². The Hall–Kier alpha value is -2.03. The highest BCUT2D eigenvalue weighted by Crippen LogP contribution is 2.37. The van der Waals surface area contributed by atoms with E-state index in [0.29, 0.717) is 23.9 Å². The number of hydrogen-bond acceptors (Lipinski definition) is 7. The number of β-amino-alcohol motifs (C(OH)–C–C–N with tert-alkyl or cyclic N) is 1. The molecule has 3 N–H and O–H groups in total. The Balaban J connectivity index is 1.73. The third kappa shape index (κ3) is 2.48. The average molecular weight is 349 g/mol. The van der Waals surface area contributed by atoms with E-state index >= 15 is 0 Å². The molecular formula is C14H13ClN6OS. The zero-order chi connectivity index (χ0) is 16.0. The lowest BCUT2D eigenvalue weighted by Gasteiger charge is -2.36. The molecule has 1 aliphatic heterocycles. The number of halogens is 1. The van der Waals surface area contributed by atoms with Gasteiger partial charge in [-0.05, 0) is 6.07 Å². The van der Waals surface area contributed by atoms with E-state index in [9.17, 15) is 5.11 Å². The molecule has 4 rings (SSSR count). The van der Waals surface area contributed by atoms with Crippen LogP contribution in [-0.4, -0.2) is 43.7 Å². The lowest BCUT2D eigenvalue weighted by Crippen LogP contribution is -2.51. The summed E-state index contributed by atoms with van der Waals surface area (Å²) in [5, 5.41) is 9.91. The van der Waals surface area contributed by atoms with Crippen LogP contribution in [0.2, 0.25) is 5.02 Å². The second-order valence-electron chi connectivity index (χ2n) is 5.21. The van der Waals surface area contributed by atoms with Crippen LogP contribution in [0.25, 0.3) is 5.65 Å². The van der Waals surface area contributed by atoms with E-state index < -0.39 is 0 Å². The highest BCUT2D eigenvalue weighted by atomic mass is 35.5. The summed E-state index contributed by atoms with van der Waals surface area (Å²) in [7, 11) is 0. The Morgan fingerprint density at radius 2 is 2.04 bits per heavy atom. The molecule has 0 amide bonds. The van der Waals surface area contributed by atoms with Crippen molar-refractivity contribution >= 4 is 40.8 Å². The van der Waals surface area contributed by atoms with Gasteiger partial charge in [0.25, 0.3) is 0 Å². The van der Waals surface area contributed by atoms with Crippen molar-refractivity contribution in [2.24, 2.45) is 0 Å². The van der Waals surface area contributed by atoms with E-state index in [4.69, 9.17) is 17.3 Å². The second kappa shape index (κ2) is 5.55. The maximum atomic E-state index is 9.48. The molecule has 23 heavy (non-hydrogen) atoms. The van der Waals surface area contributed by atoms with Gasteiger partial charge in [0.2, 0.25) is 5.95 Å². The third-order valence-electron chi connectivity index (χ3n) is 3.62. The zero-order valence-electron chi connectivity index (χ0n) is 11.9. The standard InChI is InChI=1S/C14H13ClN6OS/c15-11-9(1-2-17-12(11)16)23-10-5-19-14(20-6-8(22)7-20)21-4-3-18-13(10)21/h1-5,8,22H,6-7H2,(H2,16,17). The van der Waals surface area contributed by atoms with Crippen molar-refractivity contribution in [3.63, 3.8) is 0 Å². The van der Waals surface area contributed by atoms with Crippen LogP contribution in [0, 0.1) is 0 Å². The normalized spacial score (nSPS) is 15.1. The first-order valence-electron chi connectivity index (χ1n) is 6.96. The van der Waals surface area contributed by atoms with Crippen molar-refractivity contribution in [2.75, 3.05) is 23.7 Å². The minimum absolute atomic E-state index is 0.289. The van der Waals surface area contributed by atoms with Crippen LogP contribution < -0.4 is 10.6 Å². The van der Waals surface area contributed by atoms with Crippen LogP contribution in [0.5, 0.6) is 0 Å². The van der Waals surface area contributed by atoms with Crippen LogP contribution in [-0.2, 0) is 0 Å². The van der Waals surface area contributed by atoms with Gasteiger partial charge < -0.3 is 15.7 Å². The number of aliphatic hydroxyl groups excluding tert-OH is 1. The van der Waals surface area contributed by atoms with Gasteiger partial charge in [0.15, 0.2) is 5.65 Å².